The Labute approximate surface area is 153 Å². The maximum absolute atomic E-state index is 5.56. The van der Waals surface area contributed by atoms with E-state index in [1.54, 1.807) is 0 Å². The monoisotopic (exact) mass is 341 g/mol. The quantitative estimate of drug-likeness (QED) is 0.483. The third kappa shape index (κ3) is 7.43. The second kappa shape index (κ2) is 11.9. The Balaban J connectivity index is 1.68. The van der Waals surface area contributed by atoms with Crippen LogP contribution in [-0.2, 0) is 13.0 Å². The standard InChI is InChI=1S/C22H35N3/c1-2-3-4-5-6-7-8-9-11-20-12-14-21(15-13-20)22-18-24-25(19-22)17-10-16-23/h12-15,18-19H,2-11,16-17,23H2,1H3. The first kappa shape index (κ1) is 19.7. The molecule has 0 radical (unpaired) electrons. The van der Waals surface area contributed by atoms with E-state index in [2.05, 4.69) is 42.5 Å². The molecule has 0 aliphatic rings. The lowest BCUT2D eigenvalue weighted by molar-refractivity contribution is 0.575. The Morgan fingerprint density at radius 3 is 2.20 bits per heavy atom. The first-order chi connectivity index (χ1) is 12.3. The van der Waals surface area contributed by atoms with Crippen molar-refractivity contribution in [3.63, 3.8) is 0 Å². The van der Waals surface area contributed by atoms with Gasteiger partial charge in [0.05, 0.1) is 6.20 Å². The molecule has 3 heteroatoms. The topological polar surface area (TPSA) is 43.8 Å². The number of nitrogens with two attached hydrogens (primary N) is 1. The van der Waals surface area contributed by atoms with Crippen molar-refractivity contribution in [3.05, 3.63) is 42.2 Å². The van der Waals surface area contributed by atoms with E-state index in [4.69, 9.17) is 5.73 Å². The van der Waals surface area contributed by atoms with Gasteiger partial charge in [-0.1, -0.05) is 76.1 Å². The molecule has 25 heavy (non-hydrogen) atoms. The van der Waals surface area contributed by atoms with Gasteiger partial charge in [0.2, 0.25) is 0 Å². The van der Waals surface area contributed by atoms with Crippen LogP contribution < -0.4 is 5.73 Å². The van der Waals surface area contributed by atoms with Gasteiger partial charge in [-0.3, -0.25) is 4.68 Å². The van der Waals surface area contributed by atoms with Crippen molar-refractivity contribution >= 4 is 0 Å². The highest BCUT2D eigenvalue weighted by Crippen LogP contribution is 2.20. The summed E-state index contributed by atoms with van der Waals surface area (Å²) in [5, 5.41) is 4.41. The number of aromatic nitrogens is 2. The van der Waals surface area contributed by atoms with Crippen LogP contribution in [0.1, 0.15) is 70.3 Å². The van der Waals surface area contributed by atoms with Gasteiger partial charge in [-0.25, -0.2) is 0 Å². The smallest absolute Gasteiger partial charge is 0.0568 e. The van der Waals surface area contributed by atoms with Gasteiger partial charge in [0.25, 0.3) is 0 Å². The molecular formula is C22H35N3. The molecule has 138 valence electrons. The molecule has 2 rings (SSSR count). The van der Waals surface area contributed by atoms with Gasteiger partial charge in [-0.2, -0.15) is 5.10 Å². The van der Waals surface area contributed by atoms with Crippen LogP contribution in [0.4, 0.5) is 0 Å². The molecule has 2 N–H and O–H groups in total. The van der Waals surface area contributed by atoms with Crippen molar-refractivity contribution in [2.75, 3.05) is 6.54 Å². The van der Waals surface area contributed by atoms with Gasteiger partial charge in [0, 0.05) is 18.3 Å². The highest BCUT2D eigenvalue weighted by atomic mass is 15.3. The Kier molecular flexibility index (Phi) is 9.35. The first-order valence-corrected chi connectivity index (χ1v) is 10.2. The normalized spacial score (nSPS) is 11.1. The van der Waals surface area contributed by atoms with Gasteiger partial charge < -0.3 is 5.73 Å². The number of rotatable bonds is 13. The van der Waals surface area contributed by atoms with Crippen LogP contribution in [0.15, 0.2) is 36.7 Å². The van der Waals surface area contributed by atoms with Crippen molar-refractivity contribution in [2.24, 2.45) is 5.73 Å². The van der Waals surface area contributed by atoms with Crippen LogP contribution in [0.2, 0.25) is 0 Å². The van der Waals surface area contributed by atoms with Crippen LogP contribution in [-0.4, -0.2) is 16.3 Å². The molecule has 0 unspecified atom stereocenters. The summed E-state index contributed by atoms with van der Waals surface area (Å²) >= 11 is 0. The lowest BCUT2D eigenvalue weighted by Crippen LogP contribution is -2.05. The number of nitrogens with zero attached hydrogens (tertiary/aromatic N) is 2. The number of hydrogen-bond donors (Lipinski definition) is 1. The zero-order valence-electron chi connectivity index (χ0n) is 15.9. The van der Waals surface area contributed by atoms with E-state index in [-0.39, 0.29) is 0 Å². The van der Waals surface area contributed by atoms with E-state index >= 15 is 0 Å². The van der Waals surface area contributed by atoms with E-state index in [1.807, 2.05) is 10.9 Å². The largest absolute Gasteiger partial charge is 0.330 e. The van der Waals surface area contributed by atoms with Crippen LogP contribution in [0.5, 0.6) is 0 Å². The molecule has 0 atom stereocenters. The lowest BCUT2D eigenvalue weighted by atomic mass is 10.0. The summed E-state index contributed by atoms with van der Waals surface area (Å²) in [7, 11) is 0. The summed E-state index contributed by atoms with van der Waals surface area (Å²) in [6.07, 6.45) is 17.3. The molecule has 1 aromatic carbocycles. The van der Waals surface area contributed by atoms with Crippen molar-refractivity contribution in [2.45, 2.75) is 77.7 Å². The van der Waals surface area contributed by atoms with Crippen molar-refractivity contribution in [1.29, 1.82) is 0 Å². The molecule has 0 spiro atoms. The molecule has 0 saturated heterocycles. The van der Waals surface area contributed by atoms with Crippen molar-refractivity contribution < 1.29 is 0 Å². The number of unbranched alkanes of at least 4 members (excludes halogenated alkanes) is 7. The average molecular weight is 342 g/mol. The number of hydrogen-bond acceptors (Lipinski definition) is 2. The third-order valence-electron chi connectivity index (χ3n) is 4.83. The molecule has 0 bridgehead atoms. The zero-order chi connectivity index (χ0) is 17.7. The molecule has 0 aliphatic carbocycles. The fraction of sp³-hybridized carbons (Fsp3) is 0.591. The zero-order valence-corrected chi connectivity index (χ0v) is 15.9. The highest BCUT2D eigenvalue weighted by Gasteiger charge is 2.02. The van der Waals surface area contributed by atoms with Gasteiger partial charge in [0.15, 0.2) is 0 Å². The maximum Gasteiger partial charge on any atom is 0.0568 e. The number of benzene rings is 1. The minimum atomic E-state index is 0.711. The fourth-order valence-corrected chi connectivity index (χ4v) is 3.22. The van der Waals surface area contributed by atoms with E-state index < -0.39 is 0 Å². The Bertz CT molecular complexity index is 571. The predicted octanol–water partition coefficient (Wildman–Crippen LogP) is 5.58. The Hall–Kier alpha value is -1.61. The van der Waals surface area contributed by atoms with Crippen LogP contribution >= 0.6 is 0 Å². The summed E-state index contributed by atoms with van der Waals surface area (Å²) in [6.45, 7) is 3.88. The third-order valence-corrected chi connectivity index (χ3v) is 4.83. The van der Waals surface area contributed by atoms with Crippen LogP contribution in [0.25, 0.3) is 11.1 Å². The second-order valence-electron chi connectivity index (χ2n) is 7.06. The Morgan fingerprint density at radius 2 is 1.52 bits per heavy atom. The average Bonchev–Trinajstić information content (AvgIpc) is 3.11. The van der Waals surface area contributed by atoms with Gasteiger partial charge in [-0.05, 0) is 36.9 Å². The minimum Gasteiger partial charge on any atom is -0.330 e. The molecule has 0 fully saturated rings. The van der Waals surface area contributed by atoms with Crippen molar-refractivity contribution in [3.8, 4) is 11.1 Å². The van der Waals surface area contributed by atoms with E-state index in [0.717, 1.165) is 13.0 Å². The molecule has 1 aromatic heterocycles. The highest BCUT2D eigenvalue weighted by molar-refractivity contribution is 5.61. The van der Waals surface area contributed by atoms with E-state index in [0.29, 0.717) is 6.54 Å². The molecule has 1 heterocycles. The molecular weight excluding hydrogens is 306 g/mol. The number of aryl methyl sites for hydroxylation is 2. The summed E-state index contributed by atoms with van der Waals surface area (Å²) in [5.41, 5.74) is 9.44. The van der Waals surface area contributed by atoms with Crippen LogP contribution in [0.3, 0.4) is 0 Å². The molecule has 0 amide bonds. The van der Waals surface area contributed by atoms with Crippen molar-refractivity contribution in [1.82, 2.24) is 9.78 Å². The lowest BCUT2D eigenvalue weighted by Gasteiger charge is -2.04. The molecule has 0 aliphatic heterocycles. The summed E-state index contributed by atoms with van der Waals surface area (Å²) in [5.74, 6) is 0. The molecule has 2 aromatic rings. The van der Waals surface area contributed by atoms with Crippen LogP contribution in [0, 0.1) is 0 Å². The molecule has 0 saturated carbocycles. The maximum atomic E-state index is 5.56. The second-order valence-corrected chi connectivity index (χ2v) is 7.06. The predicted molar refractivity (Wildman–Crippen MR) is 108 cm³/mol. The SMILES string of the molecule is CCCCCCCCCCc1ccc(-c2cnn(CCCN)c2)cc1. The van der Waals surface area contributed by atoms with Gasteiger partial charge in [0.1, 0.15) is 0 Å². The fourth-order valence-electron chi connectivity index (χ4n) is 3.22. The van der Waals surface area contributed by atoms with E-state index in [9.17, 15) is 0 Å². The first-order valence-electron chi connectivity index (χ1n) is 10.2. The summed E-state index contributed by atoms with van der Waals surface area (Å²) in [6, 6.07) is 9.00. The summed E-state index contributed by atoms with van der Waals surface area (Å²) < 4.78 is 1.98. The van der Waals surface area contributed by atoms with E-state index in [1.165, 1.54) is 74.5 Å². The summed E-state index contributed by atoms with van der Waals surface area (Å²) in [4.78, 5) is 0. The van der Waals surface area contributed by atoms with Gasteiger partial charge in [-0.15, -0.1) is 0 Å². The molecule has 3 nitrogen and oxygen atoms in total. The van der Waals surface area contributed by atoms with Gasteiger partial charge >= 0.3 is 0 Å². The Morgan fingerprint density at radius 1 is 0.840 bits per heavy atom. The minimum absolute atomic E-state index is 0.711.